The lowest BCUT2D eigenvalue weighted by atomic mass is 10.1. The van der Waals surface area contributed by atoms with Crippen molar-refractivity contribution in [3.8, 4) is 23.0 Å². The topological polar surface area (TPSA) is 36.9 Å². The maximum absolute atomic E-state index is 6.32. The Balaban J connectivity index is 0.00000771. The van der Waals surface area contributed by atoms with Crippen LogP contribution >= 0.6 is 0 Å². The Morgan fingerprint density at radius 2 is 0.482 bits per heavy atom. The molecule has 0 fully saturated rings. The van der Waals surface area contributed by atoms with Gasteiger partial charge in [0.15, 0.2) is 0 Å². The molecule has 0 atom stereocenters. The molecule has 0 aliphatic carbocycles. The summed E-state index contributed by atoms with van der Waals surface area (Å²) < 4.78 is 25.3. The van der Waals surface area contributed by atoms with E-state index in [1.165, 1.54) is 154 Å². The zero-order valence-electron chi connectivity index (χ0n) is 37.9. The van der Waals surface area contributed by atoms with E-state index in [1.54, 1.807) is 0 Å². The molecule has 0 saturated heterocycles. The van der Waals surface area contributed by atoms with E-state index < -0.39 is 0 Å². The summed E-state index contributed by atoms with van der Waals surface area (Å²) in [4.78, 5) is 0. The van der Waals surface area contributed by atoms with Gasteiger partial charge in [0, 0.05) is 12.1 Å². The number of benzene rings is 2. The highest BCUT2D eigenvalue weighted by Crippen LogP contribution is 2.28. The van der Waals surface area contributed by atoms with Crippen LogP contribution in [0, 0.1) is 0 Å². The van der Waals surface area contributed by atoms with Gasteiger partial charge in [-0.3, -0.25) is 0 Å². The summed E-state index contributed by atoms with van der Waals surface area (Å²) in [5.41, 5.74) is 2.17. The summed E-state index contributed by atoms with van der Waals surface area (Å²) in [6.07, 6.45) is 40.2. The van der Waals surface area contributed by atoms with Gasteiger partial charge in [-0.25, -0.2) is 0 Å². The normalized spacial score (nSPS) is 11.1. The fraction of sp³-hybridized carbons (Fsp3) is 0.731. The molecule has 56 heavy (non-hydrogen) atoms. The Kier molecular flexibility index (Phi) is 36.0. The quantitative estimate of drug-likeness (QED) is 0.0502. The standard InChI is InChI=1S/C50H84O4.C2H6/c1-5-9-13-17-21-25-29-35-51-47-39-45(40-48(43-47)52-36-30-26-22-18-14-10-6-2)33-34-46-41-49(53-37-31-27-23-19-15-11-7-3)44-50(42-46)54-38-32-28-24-20-16-12-8-4;1-2/h33-34,39-44H,5-32,35-38H2,1-4H3;1-2H3/b34-33+;. The lowest BCUT2D eigenvalue weighted by Gasteiger charge is -2.13. The molecule has 0 aliphatic rings. The van der Waals surface area contributed by atoms with Gasteiger partial charge in [0.25, 0.3) is 0 Å². The van der Waals surface area contributed by atoms with Crippen LogP contribution in [0.2, 0.25) is 0 Å². The molecule has 0 spiro atoms. The van der Waals surface area contributed by atoms with Crippen LogP contribution < -0.4 is 18.9 Å². The van der Waals surface area contributed by atoms with Crippen molar-refractivity contribution in [3.63, 3.8) is 0 Å². The van der Waals surface area contributed by atoms with Crippen molar-refractivity contribution in [2.24, 2.45) is 0 Å². The van der Waals surface area contributed by atoms with Gasteiger partial charge in [-0.05, 0) is 61.1 Å². The first-order chi connectivity index (χ1) is 27.7. The van der Waals surface area contributed by atoms with E-state index in [9.17, 15) is 0 Å². The van der Waals surface area contributed by atoms with E-state index in [0.717, 1.165) is 86.2 Å². The van der Waals surface area contributed by atoms with Crippen LogP contribution in [0.25, 0.3) is 12.2 Å². The second-order valence-corrected chi connectivity index (χ2v) is 15.7. The van der Waals surface area contributed by atoms with E-state index in [4.69, 9.17) is 18.9 Å². The van der Waals surface area contributed by atoms with Crippen molar-refractivity contribution in [1.82, 2.24) is 0 Å². The second kappa shape index (κ2) is 39.2. The first-order valence-electron chi connectivity index (χ1n) is 24.2. The van der Waals surface area contributed by atoms with Gasteiger partial charge in [-0.15, -0.1) is 0 Å². The third-order valence-corrected chi connectivity index (χ3v) is 10.3. The second-order valence-electron chi connectivity index (χ2n) is 15.7. The summed E-state index contributed by atoms with van der Waals surface area (Å²) in [5.74, 6) is 3.57. The Hall–Kier alpha value is -2.62. The Morgan fingerprint density at radius 3 is 0.696 bits per heavy atom. The summed E-state index contributed by atoms with van der Waals surface area (Å²) in [6.45, 7) is 16.1. The monoisotopic (exact) mass is 779 g/mol. The molecule has 0 radical (unpaired) electrons. The van der Waals surface area contributed by atoms with Crippen molar-refractivity contribution in [2.45, 2.75) is 221 Å². The molecular weight excluding hydrogens is 689 g/mol. The lowest BCUT2D eigenvalue weighted by molar-refractivity contribution is 0.289. The van der Waals surface area contributed by atoms with Crippen LogP contribution in [-0.4, -0.2) is 26.4 Å². The molecule has 4 heteroatoms. The molecule has 0 amide bonds. The minimum atomic E-state index is 0.746. The van der Waals surface area contributed by atoms with Crippen LogP contribution in [0.5, 0.6) is 23.0 Å². The third kappa shape index (κ3) is 29.6. The molecule has 4 nitrogen and oxygen atoms in total. The Morgan fingerprint density at radius 1 is 0.286 bits per heavy atom. The van der Waals surface area contributed by atoms with E-state index in [-0.39, 0.29) is 0 Å². The summed E-state index contributed by atoms with van der Waals surface area (Å²) in [5, 5.41) is 0. The molecule has 2 rings (SSSR count). The number of rotatable bonds is 38. The molecule has 2 aromatic carbocycles. The van der Waals surface area contributed by atoms with Crippen molar-refractivity contribution in [2.75, 3.05) is 26.4 Å². The van der Waals surface area contributed by atoms with Crippen LogP contribution in [0.4, 0.5) is 0 Å². The van der Waals surface area contributed by atoms with Crippen LogP contribution in [0.3, 0.4) is 0 Å². The lowest BCUT2D eigenvalue weighted by Crippen LogP contribution is -2.01. The third-order valence-electron chi connectivity index (χ3n) is 10.3. The highest BCUT2D eigenvalue weighted by Gasteiger charge is 2.06. The molecular formula is C52H90O4. The minimum Gasteiger partial charge on any atom is -0.493 e. The highest BCUT2D eigenvalue weighted by atomic mass is 16.5. The minimum absolute atomic E-state index is 0.746. The number of hydrogen-bond acceptors (Lipinski definition) is 4. The van der Waals surface area contributed by atoms with E-state index in [0.29, 0.717) is 0 Å². The predicted octanol–water partition coefficient (Wildman–Crippen LogP) is 17.4. The molecule has 0 aliphatic heterocycles. The van der Waals surface area contributed by atoms with Crippen LogP contribution in [0.15, 0.2) is 36.4 Å². The van der Waals surface area contributed by atoms with Crippen LogP contribution in [-0.2, 0) is 0 Å². The van der Waals surface area contributed by atoms with Gasteiger partial charge >= 0.3 is 0 Å². The SMILES string of the molecule is CC.CCCCCCCCCOc1cc(/C=C/c2cc(OCCCCCCCCC)cc(OCCCCCCCCC)c2)cc(OCCCCCCCCC)c1. The molecule has 0 bridgehead atoms. The Labute approximate surface area is 348 Å². The zero-order valence-corrected chi connectivity index (χ0v) is 37.9. The molecule has 0 aromatic heterocycles. The van der Waals surface area contributed by atoms with Crippen molar-refractivity contribution < 1.29 is 18.9 Å². The maximum Gasteiger partial charge on any atom is 0.123 e. The predicted molar refractivity (Wildman–Crippen MR) is 247 cm³/mol. The number of ether oxygens (including phenoxy) is 4. The first-order valence-corrected chi connectivity index (χ1v) is 24.2. The maximum atomic E-state index is 6.32. The van der Waals surface area contributed by atoms with Gasteiger partial charge in [0.2, 0.25) is 0 Å². The van der Waals surface area contributed by atoms with Crippen molar-refractivity contribution in [3.05, 3.63) is 47.5 Å². The summed E-state index contributed by atoms with van der Waals surface area (Å²) in [7, 11) is 0. The number of hydrogen-bond donors (Lipinski definition) is 0. The van der Waals surface area contributed by atoms with Gasteiger partial charge < -0.3 is 18.9 Å². The fourth-order valence-electron chi connectivity index (χ4n) is 6.90. The number of unbranched alkanes of at least 4 members (excludes halogenated alkanes) is 24. The summed E-state index contributed by atoms with van der Waals surface area (Å²) >= 11 is 0. The van der Waals surface area contributed by atoms with Gasteiger partial charge in [0.1, 0.15) is 23.0 Å². The van der Waals surface area contributed by atoms with Crippen molar-refractivity contribution >= 4 is 12.2 Å². The zero-order chi connectivity index (χ0) is 40.6. The van der Waals surface area contributed by atoms with Gasteiger partial charge in [-0.1, -0.05) is 208 Å². The highest BCUT2D eigenvalue weighted by molar-refractivity contribution is 5.72. The van der Waals surface area contributed by atoms with Gasteiger partial charge in [-0.2, -0.15) is 0 Å². The molecule has 0 heterocycles. The Bertz CT molecular complexity index is 992. The molecule has 0 unspecified atom stereocenters. The van der Waals surface area contributed by atoms with Gasteiger partial charge in [0.05, 0.1) is 26.4 Å². The smallest absolute Gasteiger partial charge is 0.123 e. The molecule has 2 aromatic rings. The first kappa shape index (κ1) is 51.4. The average molecular weight is 779 g/mol. The van der Waals surface area contributed by atoms with E-state index in [1.807, 2.05) is 13.8 Å². The van der Waals surface area contributed by atoms with Crippen LogP contribution in [0.1, 0.15) is 232 Å². The van der Waals surface area contributed by atoms with E-state index in [2.05, 4.69) is 76.2 Å². The largest absolute Gasteiger partial charge is 0.493 e. The van der Waals surface area contributed by atoms with Crippen molar-refractivity contribution in [1.29, 1.82) is 0 Å². The molecule has 322 valence electrons. The average Bonchev–Trinajstić information content (AvgIpc) is 3.22. The summed E-state index contributed by atoms with van der Waals surface area (Å²) in [6, 6.07) is 12.8. The molecule has 0 N–H and O–H groups in total. The fourth-order valence-corrected chi connectivity index (χ4v) is 6.90. The van der Waals surface area contributed by atoms with E-state index >= 15 is 0 Å². The molecule has 0 saturated carbocycles.